The van der Waals surface area contributed by atoms with E-state index in [2.05, 4.69) is 15.0 Å². The summed E-state index contributed by atoms with van der Waals surface area (Å²) in [6.45, 7) is 5.70. The van der Waals surface area contributed by atoms with Gasteiger partial charge in [-0.25, -0.2) is 8.42 Å². The van der Waals surface area contributed by atoms with Crippen LogP contribution in [0, 0.1) is 0 Å². The number of fused-ring (bicyclic) bond motifs is 1. The highest BCUT2D eigenvalue weighted by atomic mass is 35.5. The van der Waals surface area contributed by atoms with E-state index >= 15 is 0 Å². The molecule has 0 unspecified atom stereocenters. The number of carbonyl (C=O) groups excluding carboxylic acids is 1. The highest BCUT2D eigenvalue weighted by Gasteiger charge is 2.24. The molecule has 0 aromatic carbocycles. The molecule has 0 saturated carbocycles. The average molecular weight is 349 g/mol. The lowest BCUT2D eigenvalue weighted by Crippen LogP contribution is -2.41. The monoisotopic (exact) mass is 348 g/mol. The van der Waals surface area contributed by atoms with Crippen LogP contribution in [0.2, 0.25) is 0 Å². The number of halogens is 1. The van der Waals surface area contributed by atoms with Crippen LogP contribution in [0.1, 0.15) is 13.8 Å². The fourth-order valence-electron chi connectivity index (χ4n) is 2.10. The molecule has 0 fully saturated rings. The number of nitrogens with zero attached hydrogens (tertiary/aromatic N) is 2. The predicted octanol–water partition coefficient (Wildman–Crippen LogP) is 0.0200. The lowest BCUT2D eigenvalue weighted by Gasteiger charge is -2.27. The summed E-state index contributed by atoms with van der Waals surface area (Å²) in [5.74, 6) is 0.148. The van der Waals surface area contributed by atoms with Crippen LogP contribution in [-0.4, -0.2) is 56.5 Å². The Morgan fingerprint density at radius 1 is 1.45 bits per heavy atom. The van der Waals surface area contributed by atoms with Crippen LogP contribution in [0.15, 0.2) is 28.3 Å². The van der Waals surface area contributed by atoms with Gasteiger partial charge in [-0.15, -0.1) is 16.8 Å². The Morgan fingerprint density at radius 3 is 2.86 bits per heavy atom. The first kappa shape index (κ1) is 18.7. The Kier molecular flexibility index (Phi) is 6.58. The lowest BCUT2D eigenvalue weighted by atomic mass is 10.1. The van der Waals surface area contributed by atoms with Gasteiger partial charge in [0, 0.05) is 25.3 Å². The molecule has 22 heavy (non-hydrogen) atoms. The number of likely N-dealkylation sites (N-methyl/N-ethyl adjacent to an activating group) is 1. The van der Waals surface area contributed by atoms with Crippen LogP contribution in [0.5, 0.6) is 0 Å². The largest absolute Gasteiger partial charge is 0.350 e. The summed E-state index contributed by atoms with van der Waals surface area (Å²) in [7, 11) is -3.36. The maximum Gasteiger partial charge on any atom is 0.256 e. The molecule has 7 nitrogen and oxygen atoms in total. The maximum absolute atomic E-state index is 12.1. The second kappa shape index (κ2) is 7.75. The van der Waals surface area contributed by atoms with E-state index in [1.54, 1.807) is 23.3 Å². The number of nitrogens with one attached hydrogen (secondary N) is 2. The zero-order chi connectivity index (χ0) is 15.5. The third-order valence-corrected chi connectivity index (χ3v) is 4.37. The first-order valence-electron chi connectivity index (χ1n) is 6.92. The van der Waals surface area contributed by atoms with Crippen molar-refractivity contribution >= 4 is 34.2 Å². The van der Waals surface area contributed by atoms with Crippen molar-refractivity contribution in [3.05, 3.63) is 23.9 Å². The average Bonchev–Trinajstić information content (AvgIpc) is 2.43. The minimum atomic E-state index is -3.36. The van der Waals surface area contributed by atoms with E-state index in [1.165, 1.54) is 0 Å². The van der Waals surface area contributed by atoms with Gasteiger partial charge in [-0.1, -0.05) is 6.92 Å². The molecule has 1 amide bonds. The fraction of sp³-hybridized carbons (Fsp3) is 0.538. The van der Waals surface area contributed by atoms with Gasteiger partial charge < -0.3 is 15.5 Å². The Hall–Kier alpha value is -1.38. The van der Waals surface area contributed by atoms with Gasteiger partial charge in [0.05, 0.1) is 11.3 Å². The minimum Gasteiger partial charge on any atom is -0.350 e. The third-order valence-electron chi connectivity index (χ3n) is 3.21. The molecule has 0 aromatic heterocycles. The van der Waals surface area contributed by atoms with Crippen molar-refractivity contribution in [3.63, 3.8) is 0 Å². The summed E-state index contributed by atoms with van der Waals surface area (Å²) < 4.78 is 26.5. The number of carbonyl (C=O) groups is 1. The molecule has 9 heteroatoms. The molecule has 2 aliphatic heterocycles. The second-order valence-corrected chi connectivity index (χ2v) is 6.77. The van der Waals surface area contributed by atoms with Gasteiger partial charge in [-0.05, 0) is 25.6 Å². The molecular formula is C13H21ClN4O3S. The molecule has 0 bridgehead atoms. The summed E-state index contributed by atoms with van der Waals surface area (Å²) >= 11 is 0. The van der Waals surface area contributed by atoms with E-state index in [1.807, 2.05) is 13.8 Å². The van der Waals surface area contributed by atoms with E-state index in [-0.39, 0.29) is 30.1 Å². The molecule has 2 N–H and O–H groups in total. The van der Waals surface area contributed by atoms with Crippen molar-refractivity contribution < 1.29 is 13.2 Å². The summed E-state index contributed by atoms with van der Waals surface area (Å²) in [5.41, 5.74) is 0.497. The summed E-state index contributed by atoms with van der Waals surface area (Å²) in [5, 5.41) is 6.05. The predicted molar refractivity (Wildman–Crippen MR) is 88.5 cm³/mol. The number of amidine groups is 1. The number of sulfonamides is 1. The van der Waals surface area contributed by atoms with Gasteiger partial charge in [0.1, 0.15) is 5.84 Å². The summed E-state index contributed by atoms with van der Waals surface area (Å²) in [6.07, 6.45) is 4.78. The zero-order valence-corrected chi connectivity index (χ0v) is 14.2. The van der Waals surface area contributed by atoms with E-state index in [4.69, 9.17) is 0 Å². The van der Waals surface area contributed by atoms with Crippen LogP contribution in [0.3, 0.4) is 0 Å². The van der Waals surface area contributed by atoms with Crippen molar-refractivity contribution in [2.24, 2.45) is 4.40 Å². The molecule has 2 heterocycles. The number of hydrogen-bond donors (Lipinski definition) is 2. The Balaban J connectivity index is 0.00000242. The summed E-state index contributed by atoms with van der Waals surface area (Å²) in [4.78, 5) is 13.7. The van der Waals surface area contributed by atoms with Crippen LogP contribution in [0.4, 0.5) is 0 Å². The molecule has 0 aromatic rings. The third kappa shape index (κ3) is 4.82. The standard InChI is InChI=1S/C13H20N4O3S.ClH/c1-3-14-10(2)8-15-13(18)11-4-5-12-16-21(19,20)7-6-17(12)9-11;/h4-5,9-10,14H,3,6-8H2,1-2H3,(H,15,18);1H/t10-;/m1./s1. The van der Waals surface area contributed by atoms with E-state index < -0.39 is 10.0 Å². The first-order chi connectivity index (χ1) is 9.91. The van der Waals surface area contributed by atoms with Gasteiger partial charge >= 0.3 is 0 Å². The number of amides is 1. The molecule has 0 saturated heterocycles. The van der Waals surface area contributed by atoms with Crippen molar-refractivity contribution in [1.29, 1.82) is 0 Å². The Morgan fingerprint density at radius 2 is 2.18 bits per heavy atom. The zero-order valence-electron chi connectivity index (χ0n) is 12.6. The van der Waals surface area contributed by atoms with Crippen molar-refractivity contribution in [1.82, 2.24) is 15.5 Å². The summed E-state index contributed by atoms with van der Waals surface area (Å²) in [6, 6.07) is 0.198. The Bertz CT molecular complexity index is 613. The van der Waals surface area contributed by atoms with E-state index in [0.717, 1.165) is 6.54 Å². The fourth-order valence-corrected chi connectivity index (χ4v) is 3.07. The topological polar surface area (TPSA) is 90.9 Å². The van der Waals surface area contributed by atoms with Crippen LogP contribution >= 0.6 is 12.4 Å². The van der Waals surface area contributed by atoms with Crippen molar-refractivity contribution in [2.45, 2.75) is 19.9 Å². The van der Waals surface area contributed by atoms with Gasteiger partial charge in [-0.3, -0.25) is 4.79 Å². The van der Waals surface area contributed by atoms with Crippen molar-refractivity contribution in [2.75, 3.05) is 25.4 Å². The smallest absolute Gasteiger partial charge is 0.256 e. The highest BCUT2D eigenvalue weighted by molar-refractivity contribution is 7.90. The quantitative estimate of drug-likeness (QED) is 0.731. The highest BCUT2D eigenvalue weighted by Crippen LogP contribution is 2.15. The second-order valence-electron chi connectivity index (χ2n) is 5.02. The molecule has 1 atom stereocenters. The van der Waals surface area contributed by atoms with Crippen LogP contribution in [0.25, 0.3) is 0 Å². The molecule has 0 radical (unpaired) electrons. The molecule has 2 aliphatic rings. The van der Waals surface area contributed by atoms with Gasteiger partial charge in [0.25, 0.3) is 15.9 Å². The molecular weight excluding hydrogens is 328 g/mol. The van der Waals surface area contributed by atoms with Crippen LogP contribution in [-0.2, 0) is 14.8 Å². The molecule has 0 spiro atoms. The normalized spacial score (nSPS) is 20.2. The molecule has 0 aliphatic carbocycles. The SMILES string of the molecule is CCN[C@H](C)CNC(=O)C1=CN2CCS(=O)(=O)N=C2C=C1.Cl. The first-order valence-corrected chi connectivity index (χ1v) is 8.53. The van der Waals surface area contributed by atoms with Gasteiger partial charge in [-0.2, -0.15) is 0 Å². The van der Waals surface area contributed by atoms with Crippen molar-refractivity contribution in [3.8, 4) is 0 Å². The lowest BCUT2D eigenvalue weighted by molar-refractivity contribution is -0.117. The number of rotatable bonds is 5. The van der Waals surface area contributed by atoms with Gasteiger partial charge in [0.2, 0.25) is 0 Å². The van der Waals surface area contributed by atoms with Gasteiger partial charge in [0.15, 0.2) is 0 Å². The minimum absolute atomic E-state index is 0. The number of hydrogen-bond acceptors (Lipinski definition) is 5. The van der Waals surface area contributed by atoms with Crippen LogP contribution < -0.4 is 10.6 Å². The van der Waals surface area contributed by atoms with E-state index in [0.29, 0.717) is 24.5 Å². The maximum atomic E-state index is 12.1. The molecule has 124 valence electrons. The Labute approximate surface area is 137 Å². The van der Waals surface area contributed by atoms with E-state index in [9.17, 15) is 13.2 Å². The molecule has 2 rings (SSSR count).